The summed E-state index contributed by atoms with van der Waals surface area (Å²) in [5, 5.41) is 0. The molecule has 17 heavy (non-hydrogen) atoms. The summed E-state index contributed by atoms with van der Waals surface area (Å²) in [5.74, 6) is 0.246. The van der Waals surface area contributed by atoms with Gasteiger partial charge >= 0.3 is 5.97 Å². The van der Waals surface area contributed by atoms with Crippen LogP contribution >= 0.6 is 0 Å². The molecule has 4 nitrogen and oxygen atoms in total. The van der Waals surface area contributed by atoms with Gasteiger partial charge in [-0.25, -0.2) is 0 Å². The second kappa shape index (κ2) is 7.30. The Hall–Kier alpha value is -1.06. The first-order valence-electron chi connectivity index (χ1n) is 6.60. The third-order valence-electron chi connectivity index (χ3n) is 3.07. The Morgan fingerprint density at radius 3 is 2.82 bits per heavy atom. The molecule has 1 atom stereocenters. The molecule has 1 aliphatic heterocycles. The molecule has 98 valence electrons. The van der Waals surface area contributed by atoms with Crippen LogP contribution < -0.4 is 0 Å². The Labute approximate surface area is 103 Å². The lowest BCUT2D eigenvalue weighted by molar-refractivity contribution is -0.148. The van der Waals surface area contributed by atoms with Gasteiger partial charge in [0.15, 0.2) is 0 Å². The van der Waals surface area contributed by atoms with Crippen LogP contribution in [0.25, 0.3) is 0 Å². The maximum Gasteiger partial charge on any atom is 0.325 e. The van der Waals surface area contributed by atoms with E-state index >= 15 is 0 Å². The van der Waals surface area contributed by atoms with Crippen molar-refractivity contribution in [2.75, 3.05) is 19.7 Å². The summed E-state index contributed by atoms with van der Waals surface area (Å²) < 4.78 is 5.06. The van der Waals surface area contributed by atoms with Crippen molar-refractivity contribution in [2.45, 2.75) is 46.0 Å². The molecular weight excluding hydrogens is 218 g/mol. The average Bonchev–Trinajstić information content (AvgIpc) is 2.60. The van der Waals surface area contributed by atoms with Crippen molar-refractivity contribution in [2.24, 2.45) is 5.92 Å². The van der Waals surface area contributed by atoms with Crippen molar-refractivity contribution in [1.82, 2.24) is 4.90 Å². The molecule has 1 unspecified atom stereocenters. The minimum atomic E-state index is -0.274. The van der Waals surface area contributed by atoms with Crippen LogP contribution in [-0.4, -0.2) is 36.5 Å². The topological polar surface area (TPSA) is 46.6 Å². The predicted octanol–water partition coefficient (Wildman–Crippen LogP) is 1.98. The molecule has 1 fully saturated rings. The molecule has 0 radical (unpaired) electrons. The maximum atomic E-state index is 11.6. The average molecular weight is 241 g/mol. The smallest absolute Gasteiger partial charge is 0.325 e. The highest BCUT2D eigenvalue weighted by Gasteiger charge is 2.30. The van der Waals surface area contributed by atoms with Crippen LogP contribution in [0.4, 0.5) is 0 Å². The molecule has 1 heterocycles. The SMILES string of the molecule is CCCCOC(=O)CN1CC(CCC)CC1=O. The second-order valence-corrected chi connectivity index (χ2v) is 4.71. The Morgan fingerprint density at radius 2 is 2.18 bits per heavy atom. The third-order valence-corrected chi connectivity index (χ3v) is 3.07. The summed E-state index contributed by atoms with van der Waals surface area (Å²) in [4.78, 5) is 24.7. The molecule has 4 heteroatoms. The number of hydrogen-bond donors (Lipinski definition) is 0. The van der Waals surface area contributed by atoms with Gasteiger partial charge in [0.25, 0.3) is 0 Å². The molecule has 0 aromatic carbocycles. The van der Waals surface area contributed by atoms with Gasteiger partial charge in [-0.15, -0.1) is 0 Å². The van der Waals surface area contributed by atoms with Crippen molar-refractivity contribution in [3.05, 3.63) is 0 Å². The van der Waals surface area contributed by atoms with Gasteiger partial charge in [-0.1, -0.05) is 26.7 Å². The molecule has 0 N–H and O–H groups in total. The van der Waals surface area contributed by atoms with E-state index in [4.69, 9.17) is 4.74 Å². The fourth-order valence-corrected chi connectivity index (χ4v) is 2.14. The van der Waals surface area contributed by atoms with E-state index in [1.54, 1.807) is 4.90 Å². The van der Waals surface area contributed by atoms with E-state index < -0.39 is 0 Å². The Morgan fingerprint density at radius 1 is 1.41 bits per heavy atom. The van der Waals surface area contributed by atoms with Gasteiger partial charge in [-0.2, -0.15) is 0 Å². The summed E-state index contributed by atoms with van der Waals surface area (Å²) in [6.45, 7) is 5.48. The second-order valence-electron chi connectivity index (χ2n) is 4.71. The highest BCUT2D eigenvalue weighted by Crippen LogP contribution is 2.21. The van der Waals surface area contributed by atoms with Crippen LogP contribution in [0, 0.1) is 5.92 Å². The third kappa shape index (κ3) is 4.75. The highest BCUT2D eigenvalue weighted by atomic mass is 16.5. The van der Waals surface area contributed by atoms with E-state index in [2.05, 4.69) is 6.92 Å². The molecule has 0 aromatic heterocycles. The number of hydrogen-bond acceptors (Lipinski definition) is 3. The van der Waals surface area contributed by atoms with Gasteiger partial charge in [-0.3, -0.25) is 9.59 Å². The van der Waals surface area contributed by atoms with Gasteiger partial charge < -0.3 is 9.64 Å². The first-order chi connectivity index (χ1) is 8.17. The molecule has 0 saturated carbocycles. The van der Waals surface area contributed by atoms with E-state index in [-0.39, 0.29) is 18.4 Å². The van der Waals surface area contributed by atoms with Gasteiger partial charge in [0.1, 0.15) is 6.54 Å². The van der Waals surface area contributed by atoms with E-state index in [0.717, 1.165) is 32.2 Å². The predicted molar refractivity (Wildman–Crippen MR) is 65.5 cm³/mol. The quantitative estimate of drug-likeness (QED) is 0.506. The lowest BCUT2D eigenvalue weighted by atomic mass is 10.0. The largest absolute Gasteiger partial charge is 0.464 e. The molecule has 0 aromatic rings. The molecule has 0 bridgehead atoms. The monoisotopic (exact) mass is 241 g/mol. The number of rotatable bonds is 7. The number of nitrogens with zero attached hydrogens (tertiary/aromatic N) is 1. The number of carbonyl (C=O) groups excluding carboxylic acids is 2. The number of unbranched alkanes of at least 4 members (excludes halogenated alkanes) is 1. The van der Waals surface area contributed by atoms with E-state index in [9.17, 15) is 9.59 Å². The number of amides is 1. The maximum absolute atomic E-state index is 11.6. The lowest BCUT2D eigenvalue weighted by Gasteiger charge is -2.15. The summed E-state index contributed by atoms with van der Waals surface area (Å²) in [6.07, 6.45) is 4.64. The number of carbonyl (C=O) groups is 2. The van der Waals surface area contributed by atoms with Crippen LogP contribution in [-0.2, 0) is 14.3 Å². The highest BCUT2D eigenvalue weighted by molar-refractivity contribution is 5.83. The van der Waals surface area contributed by atoms with Crippen molar-refractivity contribution >= 4 is 11.9 Å². The zero-order valence-corrected chi connectivity index (χ0v) is 10.9. The Balaban J connectivity index is 2.26. The van der Waals surface area contributed by atoms with Gasteiger partial charge in [-0.05, 0) is 18.8 Å². The first kappa shape index (κ1) is 14.0. The fourth-order valence-electron chi connectivity index (χ4n) is 2.14. The minimum Gasteiger partial charge on any atom is -0.464 e. The van der Waals surface area contributed by atoms with Crippen LogP contribution in [0.3, 0.4) is 0 Å². The number of likely N-dealkylation sites (tertiary alicyclic amines) is 1. The Bertz CT molecular complexity index is 265. The normalized spacial score (nSPS) is 19.8. The molecule has 0 aliphatic carbocycles. The summed E-state index contributed by atoms with van der Waals surface area (Å²) in [6, 6.07) is 0. The van der Waals surface area contributed by atoms with Crippen molar-refractivity contribution < 1.29 is 14.3 Å². The van der Waals surface area contributed by atoms with Crippen LogP contribution in [0.5, 0.6) is 0 Å². The molecule has 1 aliphatic rings. The fraction of sp³-hybridized carbons (Fsp3) is 0.846. The van der Waals surface area contributed by atoms with E-state index in [0.29, 0.717) is 18.9 Å². The van der Waals surface area contributed by atoms with Crippen molar-refractivity contribution in [3.63, 3.8) is 0 Å². The number of ether oxygens (including phenoxy) is 1. The molecule has 1 amide bonds. The van der Waals surface area contributed by atoms with Crippen molar-refractivity contribution in [1.29, 1.82) is 0 Å². The standard InChI is InChI=1S/C13H23NO3/c1-3-5-7-17-13(16)10-14-9-11(6-4-2)8-12(14)15/h11H,3-10H2,1-2H3. The van der Waals surface area contributed by atoms with Gasteiger partial charge in [0.2, 0.25) is 5.91 Å². The molecular formula is C13H23NO3. The summed E-state index contributed by atoms with van der Waals surface area (Å²) >= 11 is 0. The van der Waals surface area contributed by atoms with Gasteiger partial charge in [0.05, 0.1) is 6.61 Å². The summed E-state index contributed by atoms with van der Waals surface area (Å²) in [5.41, 5.74) is 0. The number of esters is 1. The van der Waals surface area contributed by atoms with Crippen LogP contribution in [0.15, 0.2) is 0 Å². The molecule has 1 saturated heterocycles. The van der Waals surface area contributed by atoms with E-state index in [1.807, 2.05) is 6.92 Å². The lowest BCUT2D eigenvalue weighted by Crippen LogP contribution is -2.32. The summed E-state index contributed by atoms with van der Waals surface area (Å²) in [7, 11) is 0. The Kier molecular flexibility index (Phi) is 6.01. The van der Waals surface area contributed by atoms with Crippen LogP contribution in [0.2, 0.25) is 0 Å². The van der Waals surface area contributed by atoms with E-state index in [1.165, 1.54) is 0 Å². The zero-order chi connectivity index (χ0) is 12.7. The molecule has 0 spiro atoms. The minimum absolute atomic E-state index is 0.0934. The van der Waals surface area contributed by atoms with Gasteiger partial charge in [0, 0.05) is 13.0 Å². The first-order valence-corrected chi connectivity index (χ1v) is 6.60. The van der Waals surface area contributed by atoms with Crippen LogP contribution in [0.1, 0.15) is 46.0 Å². The zero-order valence-electron chi connectivity index (χ0n) is 10.9. The van der Waals surface area contributed by atoms with Crippen molar-refractivity contribution in [3.8, 4) is 0 Å². The molecule has 1 rings (SSSR count).